The summed E-state index contributed by atoms with van der Waals surface area (Å²) in [6.07, 6.45) is 8.94. The minimum atomic E-state index is -0.967. The number of aliphatic hydroxyl groups is 2. The second kappa shape index (κ2) is 12.3. The number of fused-ring (bicyclic) bond motifs is 2. The van der Waals surface area contributed by atoms with Crippen LogP contribution in [0.3, 0.4) is 0 Å². The molecule has 242 valence electrons. The molecule has 4 saturated heterocycles. The minimum absolute atomic E-state index is 0.0124. The first-order valence-electron chi connectivity index (χ1n) is 17.2. The zero-order valence-corrected chi connectivity index (χ0v) is 26.0. The van der Waals surface area contributed by atoms with Gasteiger partial charge in [0.05, 0.1) is 42.7 Å². The molecule has 7 rings (SSSR count). The van der Waals surface area contributed by atoms with Gasteiger partial charge in [-0.25, -0.2) is 4.90 Å². The van der Waals surface area contributed by atoms with Crippen LogP contribution in [0.25, 0.3) is 0 Å². The van der Waals surface area contributed by atoms with Crippen LogP contribution in [0.4, 0.5) is 0 Å². The first-order valence-corrected chi connectivity index (χ1v) is 17.2. The number of ether oxygens (including phenoxy) is 1. The normalized spacial score (nSPS) is 47.6. The highest BCUT2D eigenvalue weighted by atomic mass is 16.6. The van der Waals surface area contributed by atoms with Crippen LogP contribution in [-0.4, -0.2) is 113 Å². The SMILES string of the molecule is CC(C)N(C[C@H]1O[C@@H](N2CNC3C(N)NCNC32)[C@H](O)[C@@H]1O)C1CC(CCC2NC3CCC(C4(C#N)CCC4)CC3N2)C1. The number of hydrogen-bond acceptors (Lipinski definition) is 12. The first-order chi connectivity index (χ1) is 20.8. The fourth-order valence-electron chi connectivity index (χ4n) is 9.56. The smallest absolute Gasteiger partial charge is 0.142 e. The molecular formula is C31H55N9O3. The summed E-state index contributed by atoms with van der Waals surface area (Å²) in [5.41, 5.74) is 6.21. The van der Waals surface area contributed by atoms with E-state index in [4.69, 9.17) is 10.5 Å². The molecule has 0 aromatic carbocycles. The van der Waals surface area contributed by atoms with Gasteiger partial charge in [0.15, 0.2) is 0 Å². The molecular weight excluding hydrogens is 546 g/mol. The molecule has 12 heteroatoms. The van der Waals surface area contributed by atoms with Crippen LogP contribution < -0.4 is 32.3 Å². The second-order valence-electron chi connectivity index (χ2n) is 15.1. The van der Waals surface area contributed by atoms with E-state index >= 15 is 0 Å². The minimum Gasteiger partial charge on any atom is -0.387 e. The van der Waals surface area contributed by atoms with Gasteiger partial charge in [0.25, 0.3) is 0 Å². The molecule has 0 radical (unpaired) electrons. The first kappa shape index (κ1) is 30.7. The van der Waals surface area contributed by atoms with E-state index in [9.17, 15) is 15.5 Å². The van der Waals surface area contributed by atoms with E-state index in [0.717, 1.165) is 31.6 Å². The summed E-state index contributed by atoms with van der Waals surface area (Å²) in [5, 5.41) is 49.7. The molecule has 3 saturated carbocycles. The fraction of sp³-hybridized carbons (Fsp3) is 0.968. The lowest BCUT2D eigenvalue weighted by Crippen LogP contribution is -2.68. The number of nitrogens with two attached hydrogens (primary N) is 1. The summed E-state index contributed by atoms with van der Waals surface area (Å²) in [5.74, 6) is 1.29. The van der Waals surface area contributed by atoms with Crippen molar-refractivity contribution in [3.8, 4) is 6.07 Å². The van der Waals surface area contributed by atoms with Gasteiger partial charge >= 0.3 is 0 Å². The topological polar surface area (TPSA) is 166 Å². The molecule has 7 unspecified atom stereocenters. The number of nitrogens with zero attached hydrogens (tertiary/aromatic N) is 3. The van der Waals surface area contributed by atoms with Gasteiger partial charge in [-0.3, -0.25) is 31.5 Å². The fourth-order valence-corrected chi connectivity index (χ4v) is 9.56. The largest absolute Gasteiger partial charge is 0.387 e. The Hall–Kier alpha value is -0.950. The van der Waals surface area contributed by atoms with Crippen LogP contribution in [-0.2, 0) is 4.74 Å². The van der Waals surface area contributed by atoms with Gasteiger partial charge in [0.2, 0.25) is 0 Å². The maximum Gasteiger partial charge on any atom is 0.142 e. The van der Waals surface area contributed by atoms with Crippen molar-refractivity contribution in [3.63, 3.8) is 0 Å². The summed E-state index contributed by atoms with van der Waals surface area (Å²) >= 11 is 0. The maximum absolute atomic E-state index is 11.0. The third kappa shape index (κ3) is 5.67. The number of rotatable bonds is 9. The second-order valence-corrected chi connectivity index (χ2v) is 15.1. The maximum atomic E-state index is 11.0. The quantitative estimate of drug-likeness (QED) is 0.170. The van der Waals surface area contributed by atoms with Crippen LogP contribution in [0, 0.1) is 28.6 Å². The molecule has 43 heavy (non-hydrogen) atoms. The van der Waals surface area contributed by atoms with Gasteiger partial charge in [0.1, 0.15) is 24.5 Å². The molecule has 4 aliphatic heterocycles. The highest BCUT2D eigenvalue weighted by molar-refractivity contribution is 5.12. The molecule has 0 aromatic rings. The van der Waals surface area contributed by atoms with Gasteiger partial charge in [-0.05, 0) is 83.5 Å². The van der Waals surface area contributed by atoms with Crippen LogP contribution >= 0.6 is 0 Å². The average Bonchev–Trinajstić information content (AvgIpc) is 3.63. The third-order valence-electron chi connectivity index (χ3n) is 12.4. The van der Waals surface area contributed by atoms with Crippen molar-refractivity contribution in [1.82, 2.24) is 36.4 Å². The Morgan fingerprint density at radius 1 is 1.05 bits per heavy atom. The van der Waals surface area contributed by atoms with Crippen molar-refractivity contribution >= 4 is 0 Å². The lowest BCUT2D eigenvalue weighted by atomic mass is 9.57. The highest BCUT2D eigenvalue weighted by Gasteiger charge is 2.53. The molecule has 0 amide bonds. The summed E-state index contributed by atoms with van der Waals surface area (Å²) in [4.78, 5) is 4.55. The standard InChI is InChI=1S/C31H55N9O3/c1-17(2)39(13-23-26(41)27(42)30(43-23)40-16-36-25-28(33)34-15-35-29(25)40)20-10-18(11-20)4-7-24-37-21-6-5-19(12-22(21)38-24)31(14-32)8-3-9-31/h17-30,34-38,41-42H,3-13,15-16,33H2,1-2H3/t18?,19?,20?,21?,22?,23-,24?,25?,26-,27-,28?,29?,30-/m1/s1. The Labute approximate surface area is 256 Å². The number of nitrogens with one attached hydrogen (secondary N) is 5. The molecule has 11 atom stereocenters. The van der Waals surface area contributed by atoms with E-state index in [-0.39, 0.29) is 23.8 Å². The Kier molecular flexibility index (Phi) is 8.81. The molecule has 12 nitrogen and oxygen atoms in total. The van der Waals surface area contributed by atoms with E-state index in [1.54, 1.807) is 0 Å². The average molecular weight is 602 g/mol. The molecule has 7 fully saturated rings. The van der Waals surface area contributed by atoms with Crippen molar-refractivity contribution in [2.24, 2.45) is 23.0 Å². The third-order valence-corrected chi connectivity index (χ3v) is 12.4. The van der Waals surface area contributed by atoms with E-state index in [1.165, 1.54) is 38.5 Å². The van der Waals surface area contributed by atoms with E-state index in [0.29, 0.717) is 56.1 Å². The van der Waals surface area contributed by atoms with Crippen LogP contribution in [0.1, 0.15) is 78.1 Å². The Bertz CT molecular complexity index is 1020. The summed E-state index contributed by atoms with van der Waals surface area (Å²) < 4.78 is 6.40. The molecule has 3 aliphatic carbocycles. The summed E-state index contributed by atoms with van der Waals surface area (Å²) in [6.45, 7) is 6.20. The molecule has 0 aromatic heterocycles. The number of nitriles is 1. The van der Waals surface area contributed by atoms with Gasteiger partial charge in [-0.1, -0.05) is 6.42 Å². The molecule has 7 aliphatic rings. The summed E-state index contributed by atoms with van der Waals surface area (Å²) in [6, 6.07) is 4.61. The van der Waals surface area contributed by atoms with Gasteiger partial charge in [-0.2, -0.15) is 5.26 Å². The number of aliphatic hydroxyl groups excluding tert-OH is 2. The van der Waals surface area contributed by atoms with Gasteiger partial charge in [-0.15, -0.1) is 0 Å². The zero-order valence-electron chi connectivity index (χ0n) is 26.0. The monoisotopic (exact) mass is 601 g/mol. The van der Waals surface area contributed by atoms with Crippen molar-refractivity contribution in [2.45, 2.75) is 151 Å². The lowest BCUT2D eigenvalue weighted by molar-refractivity contribution is -0.112. The van der Waals surface area contributed by atoms with E-state index in [2.05, 4.69) is 56.3 Å². The van der Waals surface area contributed by atoms with E-state index in [1.807, 2.05) is 0 Å². The molecule has 4 heterocycles. The van der Waals surface area contributed by atoms with Gasteiger partial charge < -0.3 is 20.7 Å². The number of hydrogen-bond donors (Lipinski definition) is 8. The van der Waals surface area contributed by atoms with E-state index < -0.39 is 24.5 Å². The predicted molar refractivity (Wildman–Crippen MR) is 162 cm³/mol. The van der Waals surface area contributed by atoms with Crippen LogP contribution in [0.2, 0.25) is 0 Å². The molecule has 9 N–H and O–H groups in total. The molecule has 0 bridgehead atoms. The van der Waals surface area contributed by atoms with Crippen molar-refractivity contribution in [2.75, 3.05) is 19.9 Å². The predicted octanol–water partition coefficient (Wildman–Crippen LogP) is -0.555. The van der Waals surface area contributed by atoms with Crippen LogP contribution in [0.5, 0.6) is 0 Å². The van der Waals surface area contributed by atoms with Gasteiger partial charge in [0, 0.05) is 37.4 Å². The Balaban J connectivity index is 0.870. The molecule has 0 spiro atoms. The van der Waals surface area contributed by atoms with Crippen LogP contribution in [0.15, 0.2) is 0 Å². The zero-order chi connectivity index (χ0) is 29.9. The van der Waals surface area contributed by atoms with Crippen molar-refractivity contribution < 1.29 is 14.9 Å². The summed E-state index contributed by atoms with van der Waals surface area (Å²) in [7, 11) is 0. The van der Waals surface area contributed by atoms with Crippen molar-refractivity contribution in [3.05, 3.63) is 0 Å². The Morgan fingerprint density at radius 2 is 1.84 bits per heavy atom. The Morgan fingerprint density at radius 3 is 2.56 bits per heavy atom. The van der Waals surface area contributed by atoms with Crippen molar-refractivity contribution in [1.29, 1.82) is 5.26 Å². The lowest BCUT2D eigenvalue weighted by Gasteiger charge is -2.46. The highest BCUT2D eigenvalue weighted by Crippen LogP contribution is 2.52.